The Hall–Kier alpha value is -1.57. The summed E-state index contributed by atoms with van der Waals surface area (Å²) in [6.45, 7) is 6.33. The van der Waals surface area contributed by atoms with E-state index < -0.39 is 0 Å². The zero-order chi connectivity index (χ0) is 14.4. The minimum absolute atomic E-state index is 0.181. The molecule has 0 fully saturated rings. The molecule has 0 aromatic heterocycles. The predicted octanol–water partition coefficient (Wildman–Crippen LogP) is 3.61. The number of allylic oxidation sites excluding steroid dienone is 2. The number of nitrogens with zero attached hydrogens (tertiary/aromatic N) is 1. The van der Waals surface area contributed by atoms with Crippen LogP contribution in [0.5, 0.6) is 0 Å². The summed E-state index contributed by atoms with van der Waals surface area (Å²) in [6.07, 6.45) is 2.91. The maximum absolute atomic E-state index is 10.4. The summed E-state index contributed by atoms with van der Waals surface area (Å²) in [4.78, 5) is 12.0. The molecule has 0 aliphatic heterocycles. The van der Waals surface area contributed by atoms with Crippen LogP contribution in [0.2, 0.25) is 0 Å². The van der Waals surface area contributed by atoms with Crippen molar-refractivity contribution in [3.05, 3.63) is 46.5 Å². The Balaban J connectivity index is 0.000000224. The van der Waals surface area contributed by atoms with Crippen LogP contribution in [0.25, 0.3) is 0 Å². The van der Waals surface area contributed by atoms with Gasteiger partial charge in [-0.25, -0.2) is 0 Å². The van der Waals surface area contributed by atoms with Gasteiger partial charge in [0.1, 0.15) is 0 Å². The van der Waals surface area contributed by atoms with Gasteiger partial charge in [-0.05, 0) is 37.8 Å². The standard InChI is InChI=1S/C12H14.C5H11NO/c1-9-7-11-5-3-4-6-12(11)8-10(9)2;1-4-5(7)6(2)3/h3-6H,7-8H2,1-2H3;4H2,1-3H3. The Morgan fingerprint density at radius 2 is 1.47 bits per heavy atom. The molecule has 2 rings (SSSR count). The largest absolute Gasteiger partial charge is 0.349 e. The van der Waals surface area contributed by atoms with E-state index in [0.29, 0.717) is 6.42 Å². The van der Waals surface area contributed by atoms with Crippen molar-refractivity contribution in [2.45, 2.75) is 40.0 Å². The van der Waals surface area contributed by atoms with Crippen molar-refractivity contribution in [2.75, 3.05) is 14.1 Å². The van der Waals surface area contributed by atoms with E-state index in [4.69, 9.17) is 0 Å². The number of benzene rings is 1. The molecule has 2 nitrogen and oxygen atoms in total. The molecule has 0 spiro atoms. The van der Waals surface area contributed by atoms with E-state index in [2.05, 4.69) is 38.1 Å². The van der Waals surface area contributed by atoms with Gasteiger partial charge in [0.15, 0.2) is 0 Å². The zero-order valence-corrected chi connectivity index (χ0v) is 12.8. The van der Waals surface area contributed by atoms with E-state index in [-0.39, 0.29) is 5.91 Å². The molecule has 0 bridgehead atoms. The first kappa shape index (κ1) is 15.5. The summed E-state index contributed by atoms with van der Waals surface area (Å²) in [5, 5.41) is 0. The van der Waals surface area contributed by atoms with Crippen LogP contribution in [0, 0.1) is 0 Å². The summed E-state index contributed by atoms with van der Waals surface area (Å²) in [5.74, 6) is 0.181. The fraction of sp³-hybridized carbons (Fsp3) is 0.471. The highest BCUT2D eigenvalue weighted by atomic mass is 16.2. The molecule has 0 saturated heterocycles. The molecule has 104 valence electrons. The van der Waals surface area contributed by atoms with Crippen molar-refractivity contribution in [2.24, 2.45) is 0 Å². The second kappa shape index (κ2) is 7.13. The van der Waals surface area contributed by atoms with Gasteiger partial charge in [0.05, 0.1) is 0 Å². The van der Waals surface area contributed by atoms with Crippen molar-refractivity contribution >= 4 is 5.91 Å². The normalized spacial score (nSPS) is 13.3. The quantitative estimate of drug-likeness (QED) is 0.706. The van der Waals surface area contributed by atoms with Crippen LogP contribution in [0.15, 0.2) is 35.4 Å². The highest BCUT2D eigenvalue weighted by Crippen LogP contribution is 2.24. The molecule has 1 amide bonds. The van der Waals surface area contributed by atoms with Gasteiger partial charge < -0.3 is 4.90 Å². The summed E-state index contributed by atoms with van der Waals surface area (Å²) in [6, 6.07) is 8.75. The van der Waals surface area contributed by atoms with Gasteiger partial charge >= 0.3 is 0 Å². The van der Waals surface area contributed by atoms with Crippen LogP contribution in [0.3, 0.4) is 0 Å². The SMILES string of the molecule is CC1=C(C)Cc2ccccc2C1.CCC(=O)N(C)C. The van der Waals surface area contributed by atoms with E-state index in [1.807, 2.05) is 6.92 Å². The first-order valence-electron chi connectivity index (χ1n) is 6.87. The lowest BCUT2D eigenvalue weighted by atomic mass is 9.88. The van der Waals surface area contributed by atoms with E-state index in [9.17, 15) is 4.79 Å². The third-order valence-electron chi connectivity index (χ3n) is 3.56. The molecule has 0 N–H and O–H groups in total. The minimum Gasteiger partial charge on any atom is -0.349 e. The summed E-state index contributed by atoms with van der Waals surface area (Å²) >= 11 is 0. The molecule has 19 heavy (non-hydrogen) atoms. The van der Waals surface area contributed by atoms with Crippen LogP contribution in [-0.2, 0) is 17.6 Å². The van der Waals surface area contributed by atoms with Gasteiger partial charge in [-0.2, -0.15) is 0 Å². The molecule has 1 aliphatic carbocycles. The van der Waals surface area contributed by atoms with Gasteiger partial charge in [0.2, 0.25) is 5.91 Å². The van der Waals surface area contributed by atoms with E-state index in [0.717, 1.165) is 12.8 Å². The smallest absolute Gasteiger partial charge is 0.221 e. The molecule has 1 aliphatic rings. The maximum Gasteiger partial charge on any atom is 0.221 e. The van der Waals surface area contributed by atoms with Gasteiger partial charge in [-0.3, -0.25) is 4.79 Å². The third kappa shape index (κ3) is 4.55. The number of rotatable bonds is 1. The van der Waals surface area contributed by atoms with Crippen LogP contribution in [0.4, 0.5) is 0 Å². The topological polar surface area (TPSA) is 20.3 Å². The monoisotopic (exact) mass is 259 g/mol. The number of amides is 1. The number of hydrogen-bond donors (Lipinski definition) is 0. The van der Waals surface area contributed by atoms with E-state index >= 15 is 0 Å². The van der Waals surface area contributed by atoms with E-state index in [1.54, 1.807) is 30.1 Å². The molecule has 0 radical (unpaired) electrons. The van der Waals surface area contributed by atoms with Crippen molar-refractivity contribution in [3.63, 3.8) is 0 Å². The minimum atomic E-state index is 0.181. The lowest BCUT2D eigenvalue weighted by Gasteiger charge is -2.18. The number of carbonyl (C=O) groups excluding carboxylic acids is 1. The Labute approximate surface area is 117 Å². The fourth-order valence-corrected chi connectivity index (χ4v) is 2.09. The second-order valence-electron chi connectivity index (χ2n) is 5.32. The molecule has 1 aromatic rings. The Bertz CT molecular complexity index is 439. The lowest BCUT2D eigenvalue weighted by molar-refractivity contribution is -0.128. The molecule has 0 saturated carbocycles. The van der Waals surface area contributed by atoms with Crippen molar-refractivity contribution in [3.8, 4) is 0 Å². The summed E-state index contributed by atoms with van der Waals surface area (Å²) < 4.78 is 0. The fourth-order valence-electron chi connectivity index (χ4n) is 2.09. The maximum atomic E-state index is 10.4. The Kier molecular flexibility index (Phi) is 5.81. The lowest BCUT2D eigenvalue weighted by Crippen LogP contribution is -2.19. The molecule has 0 atom stereocenters. The molecule has 0 unspecified atom stereocenters. The highest BCUT2D eigenvalue weighted by molar-refractivity contribution is 5.75. The zero-order valence-electron chi connectivity index (χ0n) is 12.8. The first-order chi connectivity index (χ1) is 8.95. The average molecular weight is 259 g/mol. The number of hydrogen-bond acceptors (Lipinski definition) is 1. The van der Waals surface area contributed by atoms with Crippen molar-refractivity contribution in [1.82, 2.24) is 4.90 Å². The molecular weight excluding hydrogens is 234 g/mol. The van der Waals surface area contributed by atoms with Crippen LogP contribution in [0.1, 0.15) is 38.3 Å². The summed E-state index contributed by atoms with van der Waals surface area (Å²) in [5.41, 5.74) is 6.13. The Morgan fingerprint density at radius 3 is 1.74 bits per heavy atom. The number of fused-ring (bicyclic) bond motifs is 1. The third-order valence-corrected chi connectivity index (χ3v) is 3.56. The molecule has 0 heterocycles. The van der Waals surface area contributed by atoms with Gasteiger partial charge in [0, 0.05) is 20.5 Å². The molecule has 1 aromatic carbocycles. The first-order valence-corrected chi connectivity index (χ1v) is 6.87. The molecule has 2 heteroatoms. The Morgan fingerprint density at radius 1 is 1.05 bits per heavy atom. The van der Waals surface area contributed by atoms with Gasteiger partial charge in [-0.15, -0.1) is 0 Å². The predicted molar refractivity (Wildman–Crippen MR) is 81.2 cm³/mol. The van der Waals surface area contributed by atoms with E-state index in [1.165, 1.54) is 11.1 Å². The van der Waals surface area contributed by atoms with Crippen LogP contribution >= 0.6 is 0 Å². The highest BCUT2D eigenvalue weighted by Gasteiger charge is 2.10. The van der Waals surface area contributed by atoms with Crippen LogP contribution in [-0.4, -0.2) is 24.9 Å². The van der Waals surface area contributed by atoms with Crippen LogP contribution < -0.4 is 0 Å². The van der Waals surface area contributed by atoms with Crippen molar-refractivity contribution in [1.29, 1.82) is 0 Å². The van der Waals surface area contributed by atoms with Gasteiger partial charge in [0.25, 0.3) is 0 Å². The second-order valence-corrected chi connectivity index (χ2v) is 5.32. The summed E-state index contributed by atoms with van der Waals surface area (Å²) in [7, 11) is 3.51. The van der Waals surface area contributed by atoms with Gasteiger partial charge in [-0.1, -0.05) is 42.3 Å². The molecular formula is C17H25NO. The van der Waals surface area contributed by atoms with Crippen molar-refractivity contribution < 1.29 is 4.79 Å². The number of carbonyl (C=O) groups is 1. The average Bonchev–Trinajstić information content (AvgIpc) is 2.39.